The highest BCUT2D eigenvalue weighted by atomic mass is 79.9. The Labute approximate surface area is 129 Å². The molecule has 1 heterocycles. The molecule has 0 saturated carbocycles. The van der Waals surface area contributed by atoms with E-state index in [1.807, 2.05) is 14.1 Å². The van der Waals surface area contributed by atoms with Crippen LogP contribution in [0.3, 0.4) is 0 Å². The molecule has 0 aliphatic rings. The van der Waals surface area contributed by atoms with Crippen LogP contribution in [0.25, 0.3) is 0 Å². The van der Waals surface area contributed by atoms with Crippen molar-refractivity contribution in [1.82, 2.24) is 15.0 Å². The smallest absolute Gasteiger partial charge is 0.233 e. The summed E-state index contributed by atoms with van der Waals surface area (Å²) in [5, 5.41) is 12.0. The zero-order valence-electron chi connectivity index (χ0n) is 10.7. The van der Waals surface area contributed by atoms with E-state index in [1.54, 1.807) is 23.1 Å². The van der Waals surface area contributed by atoms with Gasteiger partial charge in [0.25, 0.3) is 0 Å². The van der Waals surface area contributed by atoms with Gasteiger partial charge in [-0.05, 0) is 45.7 Å². The van der Waals surface area contributed by atoms with Crippen LogP contribution in [-0.2, 0) is 0 Å². The molecule has 0 bridgehead atoms. The first-order valence-electron chi connectivity index (χ1n) is 5.55. The first kappa shape index (κ1) is 14.5. The predicted molar refractivity (Wildman–Crippen MR) is 81.3 cm³/mol. The lowest BCUT2D eigenvalue weighted by atomic mass is 10.2. The quantitative estimate of drug-likeness (QED) is 0.914. The van der Waals surface area contributed by atoms with Gasteiger partial charge in [0.2, 0.25) is 17.2 Å². The number of halogens is 2. The van der Waals surface area contributed by atoms with Crippen molar-refractivity contribution in [1.29, 1.82) is 5.26 Å². The van der Waals surface area contributed by atoms with E-state index in [0.29, 0.717) is 17.5 Å². The predicted octanol–water partition coefficient (Wildman–Crippen LogP) is 2.97. The van der Waals surface area contributed by atoms with Crippen LogP contribution in [0.5, 0.6) is 0 Å². The molecular formula is C12H10BrClN6. The molecule has 1 aromatic carbocycles. The van der Waals surface area contributed by atoms with Crippen molar-refractivity contribution in [2.75, 3.05) is 24.3 Å². The lowest BCUT2D eigenvalue weighted by molar-refractivity contribution is 0.961. The minimum Gasteiger partial charge on any atom is -0.347 e. The van der Waals surface area contributed by atoms with Gasteiger partial charge >= 0.3 is 0 Å². The highest BCUT2D eigenvalue weighted by Crippen LogP contribution is 2.26. The second-order valence-corrected chi connectivity index (χ2v) is 5.25. The Morgan fingerprint density at radius 1 is 1.30 bits per heavy atom. The van der Waals surface area contributed by atoms with Gasteiger partial charge in [-0.25, -0.2) is 0 Å². The van der Waals surface area contributed by atoms with Crippen LogP contribution in [0.1, 0.15) is 5.56 Å². The number of rotatable bonds is 3. The Kier molecular flexibility index (Phi) is 4.37. The molecule has 1 N–H and O–H groups in total. The zero-order chi connectivity index (χ0) is 14.7. The molecule has 2 aromatic rings. The van der Waals surface area contributed by atoms with Gasteiger partial charge in [-0.2, -0.15) is 20.2 Å². The monoisotopic (exact) mass is 352 g/mol. The van der Waals surface area contributed by atoms with Crippen molar-refractivity contribution < 1.29 is 0 Å². The van der Waals surface area contributed by atoms with Crippen molar-refractivity contribution in [3.63, 3.8) is 0 Å². The fourth-order valence-corrected chi connectivity index (χ4v) is 2.04. The molecule has 0 saturated heterocycles. The van der Waals surface area contributed by atoms with E-state index in [0.717, 1.165) is 10.2 Å². The van der Waals surface area contributed by atoms with Crippen molar-refractivity contribution in [2.45, 2.75) is 0 Å². The van der Waals surface area contributed by atoms with Crippen LogP contribution in [0.4, 0.5) is 17.6 Å². The Balaban J connectivity index is 2.33. The second-order valence-electron chi connectivity index (χ2n) is 4.05. The third-order valence-corrected chi connectivity index (χ3v) is 3.17. The topological polar surface area (TPSA) is 77.7 Å². The average molecular weight is 354 g/mol. The van der Waals surface area contributed by atoms with Crippen molar-refractivity contribution >= 4 is 45.1 Å². The summed E-state index contributed by atoms with van der Waals surface area (Å²) in [4.78, 5) is 14.0. The van der Waals surface area contributed by atoms with Crippen LogP contribution >= 0.6 is 27.5 Å². The number of nitrogens with zero attached hydrogens (tertiary/aromatic N) is 5. The summed E-state index contributed by atoms with van der Waals surface area (Å²) in [5.41, 5.74) is 1.29. The maximum Gasteiger partial charge on any atom is 0.233 e. The molecule has 0 radical (unpaired) electrons. The molecule has 0 amide bonds. The van der Waals surface area contributed by atoms with Gasteiger partial charge < -0.3 is 10.2 Å². The van der Waals surface area contributed by atoms with Gasteiger partial charge in [-0.1, -0.05) is 0 Å². The van der Waals surface area contributed by atoms with Gasteiger partial charge in [0.15, 0.2) is 0 Å². The number of nitriles is 1. The van der Waals surface area contributed by atoms with Crippen molar-refractivity contribution in [3.8, 4) is 6.07 Å². The lowest BCUT2D eigenvalue weighted by Gasteiger charge is -2.12. The average Bonchev–Trinajstić information content (AvgIpc) is 2.40. The minimum absolute atomic E-state index is 0.107. The van der Waals surface area contributed by atoms with Gasteiger partial charge in [0, 0.05) is 18.6 Å². The van der Waals surface area contributed by atoms with Gasteiger partial charge in [-0.3, -0.25) is 0 Å². The molecule has 0 aliphatic heterocycles. The fraction of sp³-hybridized carbons (Fsp3) is 0.167. The minimum atomic E-state index is 0.107. The van der Waals surface area contributed by atoms with Crippen molar-refractivity contribution in [2.24, 2.45) is 0 Å². The van der Waals surface area contributed by atoms with E-state index in [1.165, 1.54) is 0 Å². The standard InChI is InChI=1S/C12H10BrClN6/c1-20(2)12-18-10(14)17-11(19-12)16-9-4-3-7(6-15)5-8(9)13/h3-5H,1-2H3,(H,16,17,18,19). The molecule has 0 aliphatic carbocycles. The maximum atomic E-state index is 8.83. The Morgan fingerprint density at radius 3 is 2.65 bits per heavy atom. The Hall–Kier alpha value is -1.91. The van der Waals surface area contributed by atoms with E-state index in [9.17, 15) is 0 Å². The number of aromatic nitrogens is 3. The molecule has 6 nitrogen and oxygen atoms in total. The summed E-state index contributed by atoms with van der Waals surface area (Å²) < 4.78 is 0.736. The van der Waals surface area contributed by atoms with E-state index in [4.69, 9.17) is 16.9 Å². The Morgan fingerprint density at radius 2 is 2.05 bits per heavy atom. The third-order valence-electron chi connectivity index (χ3n) is 2.34. The Bertz CT molecular complexity index is 682. The molecule has 0 fully saturated rings. The number of anilines is 3. The molecule has 8 heteroatoms. The summed E-state index contributed by atoms with van der Waals surface area (Å²) in [6.45, 7) is 0. The van der Waals surface area contributed by atoms with Crippen LogP contribution < -0.4 is 10.2 Å². The molecule has 2 rings (SSSR count). The summed E-state index contributed by atoms with van der Waals surface area (Å²) in [6, 6.07) is 7.23. The van der Waals surface area contributed by atoms with E-state index >= 15 is 0 Å². The first-order valence-corrected chi connectivity index (χ1v) is 6.72. The summed E-state index contributed by atoms with van der Waals surface area (Å²) in [5.74, 6) is 0.788. The van der Waals surface area contributed by atoms with Gasteiger partial charge in [0.05, 0.1) is 17.3 Å². The normalized spacial score (nSPS) is 9.95. The van der Waals surface area contributed by atoms with E-state index in [-0.39, 0.29) is 5.28 Å². The fourth-order valence-electron chi connectivity index (χ4n) is 1.40. The number of benzene rings is 1. The van der Waals surface area contributed by atoms with Gasteiger partial charge in [-0.15, -0.1) is 0 Å². The third kappa shape index (κ3) is 3.35. The second kappa shape index (κ2) is 6.03. The van der Waals surface area contributed by atoms with Crippen LogP contribution in [0.15, 0.2) is 22.7 Å². The van der Waals surface area contributed by atoms with E-state index in [2.05, 4.69) is 42.3 Å². The summed E-state index contributed by atoms with van der Waals surface area (Å²) in [6.07, 6.45) is 0. The maximum absolute atomic E-state index is 8.83. The highest BCUT2D eigenvalue weighted by Gasteiger charge is 2.08. The van der Waals surface area contributed by atoms with Crippen LogP contribution in [0.2, 0.25) is 5.28 Å². The van der Waals surface area contributed by atoms with E-state index < -0.39 is 0 Å². The molecular weight excluding hydrogens is 344 g/mol. The lowest BCUT2D eigenvalue weighted by Crippen LogP contribution is -2.14. The number of hydrogen-bond donors (Lipinski definition) is 1. The zero-order valence-corrected chi connectivity index (χ0v) is 13.1. The molecule has 20 heavy (non-hydrogen) atoms. The van der Waals surface area contributed by atoms with Crippen molar-refractivity contribution in [3.05, 3.63) is 33.5 Å². The van der Waals surface area contributed by atoms with Gasteiger partial charge in [0.1, 0.15) is 0 Å². The molecule has 0 unspecified atom stereocenters. The molecule has 0 atom stereocenters. The first-order chi connectivity index (χ1) is 9.49. The molecule has 0 spiro atoms. The number of hydrogen-bond acceptors (Lipinski definition) is 6. The van der Waals surface area contributed by atoms with Crippen LogP contribution in [-0.4, -0.2) is 29.0 Å². The SMILES string of the molecule is CN(C)c1nc(Cl)nc(Nc2ccc(C#N)cc2Br)n1. The molecule has 102 valence electrons. The molecule has 1 aromatic heterocycles. The number of nitrogens with one attached hydrogen (secondary N) is 1. The largest absolute Gasteiger partial charge is 0.347 e. The highest BCUT2D eigenvalue weighted by molar-refractivity contribution is 9.10. The van der Waals surface area contributed by atoms with Crippen LogP contribution in [0, 0.1) is 11.3 Å². The summed E-state index contributed by atoms with van der Waals surface area (Å²) >= 11 is 9.25. The summed E-state index contributed by atoms with van der Waals surface area (Å²) in [7, 11) is 3.63.